The minimum Gasteiger partial charge on any atom is -0.509 e. The van der Waals surface area contributed by atoms with E-state index in [9.17, 15) is 24.8 Å². The number of ether oxygens (including phenoxy) is 1. The van der Waals surface area contributed by atoms with E-state index >= 15 is 0 Å². The number of nitrogens with two attached hydrogens (primary N) is 1. The number of nitrogens with zero attached hydrogens (tertiary/aromatic N) is 2. The van der Waals surface area contributed by atoms with Gasteiger partial charge in [0.1, 0.15) is 17.2 Å². The van der Waals surface area contributed by atoms with Crippen molar-refractivity contribution in [3.8, 4) is 0 Å². The Balaban J connectivity index is 1.85. The van der Waals surface area contributed by atoms with Crippen LogP contribution in [0.5, 0.6) is 0 Å². The van der Waals surface area contributed by atoms with Crippen molar-refractivity contribution in [2.75, 3.05) is 5.75 Å². The van der Waals surface area contributed by atoms with Crippen LogP contribution in [0.2, 0.25) is 0 Å². The number of benzene rings is 1. The molecule has 10 heteroatoms. The normalized spacial score (nSPS) is 24.0. The van der Waals surface area contributed by atoms with Crippen LogP contribution >= 0.6 is 11.8 Å². The second kappa shape index (κ2) is 6.13. The van der Waals surface area contributed by atoms with Gasteiger partial charge in [0.2, 0.25) is 5.91 Å². The van der Waals surface area contributed by atoms with Crippen molar-refractivity contribution in [3.05, 3.63) is 57.5 Å². The summed E-state index contributed by atoms with van der Waals surface area (Å²) in [6.07, 6.45) is -1.74. The van der Waals surface area contributed by atoms with Crippen LogP contribution in [0.3, 0.4) is 0 Å². The summed E-state index contributed by atoms with van der Waals surface area (Å²) in [5, 5.41) is 20.7. The van der Waals surface area contributed by atoms with Gasteiger partial charge in [-0.1, -0.05) is 18.2 Å². The molecule has 1 saturated heterocycles. The highest BCUT2D eigenvalue weighted by Gasteiger charge is 2.53. The number of fused-ring (bicyclic) bond motifs is 1. The number of aliphatic hydroxyl groups is 1. The third-order valence-electron chi connectivity index (χ3n) is 3.68. The van der Waals surface area contributed by atoms with E-state index in [0.717, 1.165) is 4.90 Å². The van der Waals surface area contributed by atoms with Gasteiger partial charge in [-0.3, -0.25) is 19.8 Å². The van der Waals surface area contributed by atoms with Crippen molar-refractivity contribution in [1.82, 2.24) is 4.90 Å². The van der Waals surface area contributed by atoms with Crippen LogP contribution < -0.4 is 5.73 Å². The maximum Gasteiger partial charge on any atom is 0.383 e. The van der Waals surface area contributed by atoms with Gasteiger partial charge >= 0.3 is 12.2 Å². The number of rotatable bonds is 4. The van der Waals surface area contributed by atoms with Crippen molar-refractivity contribution in [1.29, 1.82) is 0 Å². The van der Waals surface area contributed by atoms with Crippen molar-refractivity contribution >= 4 is 23.6 Å². The topological polar surface area (TPSA) is 136 Å². The second-order valence-corrected chi connectivity index (χ2v) is 6.29. The zero-order valence-electron chi connectivity index (χ0n) is 12.2. The third kappa shape index (κ3) is 2.59. The van der Waals surface area contributed by atoms with Crippen LogP contribution in [-0.4, -0.2) is 44.0 Å². The Bertz CT molecular complexity index is 737. The largest absolute Gasteiger partial charge is 0.509 e. The molecule has 126 valence electrons. The molecule has 0 spiro atoms. The molecule has 0 radical (unpaired) electrons. The number of amides is 1. The highest BCUT2D eigenvalue weighted by Crippen LogP contribution is 2.39. The number of carbonyl (C=O) groups is 2. The Hall–Kier alpha value is -2.59. The first kappa shape index (κ1) is 16.3. The van der Waals surface area contributed by atoms with Gasteiger partial charge in [0.15, 0.2) is 5.70 Å². The lowest BCUT2D eigenvalue weighted by atomic mass is 10.1. The smallest absolute Gasteiger partial charge is 0.383 e. The Morgan fingerprint density at radius 1 is 1.46 bits per heavy atom. The first-order valence-corrected chi connectivity index (χ1v) is 7.98. The molecule has 3 N–H and O–H groups in total. The SMILES string of the molecule is NC1C(=O)N2C(C(=O)OC(c3ccccc3)[N+](=O)[O-])=C(O)CS[C@@H]12. The van der Waals surface area contributed by atoms with E-state index in [2.05, 4.69) is 0 Å². The first-order valence-electron chi connectivity index (χ1n) is 6.93. The maximum atomic E-state index is 12.4. The molecule has 24 heavy (non-hydrogen) atoms. The second-order valence-electron chi connectivity index (χ2n) is 5.18. The van der Waals surface area contributed by atoms with Crippen molar-refractivity contribution < 1.29 is 24.4 Å². The van der Waals surface area contributed by atoms with Crippen LogP contribution in [0, 0.1) is 10.1 Å². The van der Waals surface area contributed by atoms with Crippen LogP contribution in [0.1, 0.15) is 11.8 Å². The quantitative estimate of drug-likeness (QED) is 0.263. The summed E-state index contributed by atoms with van der Waals surface area (Å²) >= 11 is 1.21. The van der Waals surface area contributed by atoms with Gasteiger partial charge in [-0.15, -0.1) is 11.8 Å². The average molecular weight is 351 g/mol. The molecule has 0 aliphatic carbocycles. The fourth-order valence-corrected chi connectivity index (χ4v) is 3.65. The fraction of sp³-hybridized carbons (Fsp3) is 0.286. The lowest BCUT2D eigenvalue weighted by molar-refractivity contribution is -0.575. The number of carbonyl (C=O) groups excluding carboxylic acids is 2. The van der Waals surface area contributed by atoms with Gasteiger partial charge in [-0.05, 0) is 12.1 Å². The van der Waals surface area contributed by atoms with E-state index in [4.69, 9.17) is 10.5 Å². The highest BCUT2D eigenvalue weighted by molar-refractivity contribution is 8.00. The summed E-state index contributed by atoms with van der Waals surface area (Å²) < 4.78 is 4.94. The van der Waals surface area contributed by atoms with Crippen LogP contribution in [0.15, 0.2) is 41.8 Å². The van der Waals surface area contributed by atoms with E-state index in [-0.39, 0.29) is 22.8 Å². The minimum atomic E-state index is -1.74. The number of hydrogen-bond acceptors (Lipinski definition) is 8. The van der Waals surface area contributed by atoms with E-state index in [1.807, 2.05) is 0 Å². The summed E-state index contributed by atoms with van der Waals surface area (Å²) in [7, 11) is 0. The molecule has 1 amide bonds. The van der Waals surface area contributed by atoms with E-state index in [1.165, 1.54) is 23.9 Å². The zero-order valence-corrected chi connectivity index (χ0v) is 13.0. The minimum absolute atomic E-state index is 0.0705. The Morgan fingerprint density at radius 2 is 2.12 bits per heavy atom. The molecular weight excluding hydrogens is 338 g/mol. The number of β-lactam (4-membered cyclic amide) rings is 1. The molecule has 9 nitrogen and oxygen atoms in total. The number of hydrogen-bond donors (Lipinski definition) is 2. The average Bonchev–Trinajstić information content (AvgIpc) is 2.58. The molecule has 2 aliphatic heterocycles. The molecule has 0 saturated carbocycles. The molecule has 2 heterocycles. The molecule has 3 atom stereocenters. The van der Waals surface area contributed by atoms with Gasteiger partial charge in [0.25, 0.3) is 0 Å². The van der Waals surface area contributed by atoms with Gasteiger partial charge in [0.05, 0.1) is 16.2 Å². The lowest BCUT2D eigenvalue weighted by Gasteiger charge is -2.47. The summed E-state index contributed by atoms with van der Waals surface area (Å²) in [5.41, 5.74) is 5.44. The summed E-state index contributed by atoms with van der Waals surface area (Å²) in [5.74, 6) is -1.97. The van der Waals surface area contributed by atoms with E-state index in [1.54, 1.807) is 18.2 Å². The number of nitro groups is 1. The summed E-state index contributed by atoms with van der Waals surface area (Å²) in [4.78, 5) is 35.7. The molecule has 1 fully saturated rings. The van der Waals surface area contributed by atoms with Crippen molar-refractivity contribution in [2.24, 2.45) is 5.73 Å². The monoisotopic (exact) mass is 351 g/mol. The highest BCUT2D eigenvalue weighted by atomic mass is 32.2. The van der Waals surface area contributed by atoms with E-state index in [0.29, 0.717) is 0 Å². The lowest BCUT2D eigenvalue weighted by Crippen LogP contribution is -2.68. The molecule has 2 unspecified atom stereocenters. The first-order chi connectivity index (χ1) is 11.4. The van der Waals surface area contributed by atoms with E-state index < -0.39 is 34.4 Å². The fourth-order valence-electron chi connectivity index (χ4n) is 2.50. The molecule has 0 aromatic heterocycles. The molecule has 1 aromatic rings. The molecule has 2 aliphatic rings. The van der Waals surface area contributed by atoms with Gasteiger partial charge < -0.3 is 15.6 Å². The molecule has 1 aromatic carbocycles. The Labute approximate surface area is 140 Å². The number of thioether (sulfide) groups is 1. The standard InChI is InChI=1S/C14H13N3O6S/c15-9-11(19)16-10(8(18)6-24-13(9)16)14(20)23-12(17(21)22)7-4-2-1-3-5-7/h1-5,9,12-13,18H,6,15H2/t9?,12?,13-/m0/s1. The summed E-state index contributed by atoms with van der Waals surface area (Å²) in [6.45, 7) is 0. The van der Waals surface area contributed by atoms with Gasteiger partial charge in [0, 0.05) is 0 Å². The van der Waals surface area contributed by atoms with Gasteiger partial charge in [-0.25, -0.2) is 4.79 Å². The Morgan fingerprint density at radius 3 is 2.75 bits per heavy atom. The van der Waals surface area contributed by atoms with Gasteiger partial charge in [-0.2, -0.15) is 0 Å². The van der Waals surface area contributed by atoms with Crippen LogP contribution in [-0.2, 0) is 14.3 Å². The predicted octanol–water partition coefficient (Wildman–Crippen LogP) is 0.517. The summed E-state index contributed by atoms with van der Waals surface area (Å²) in [6, 6.07) is 6.92. The number of esters is 1. The van der Waals surface area contributed by atoms with Crippen LogP contribution in [0.25, 0.3) is 0 Å². The van der Waals surface area contributed by atoms with Crippen molar-refractivity contribution in [3.63, 3.8) is 0 Å². The molecule has 0 bridgehead atoms. The molecule has 3 rings (SSSR count). The predicted molar refractivity (Wildman–Crippen MR) is 83.0 cm³/mol. The zero-order chi connectivity index (χ0) is 17.4. The number of aliphatic hydroxyl groups excluding tert-OH is 1. The molecular formula is C14H13N3O6S. The van der Waals surface area contributed by atoms with Crippen molar-refractivity contribution in [2.45, 2.75) is 17.6 Å². The Kier molecular flexibility index (Phi) is 4.16. The third-order valence-corrected chi connectivity index (χ3v) is 4.96. The maximum absolute atomic E-state index is 12.4. The van der Waals surface area contributed by atoms with Crippen LogP contribution in [0.4, 0.5) is 0 Å².